The van der Waals surface area contributed by atoms with Crippen LogP contribution in [0.3, 0.4) is 0 Å². The van der Waals surface area contributed by atoms with Crippen LogP contribution in [-0.2, 0) is 17.9 Å². The van der Waals surface area contributed by atoms with Gasteiger partial charge in [0.1, 0.15) is 0 Å². The molecular formula is C24H32N4O4. The van der Waals surface area contributed by atoms with Crippen LogP contribution in [0.15, 0.2) is 42.5 Å². The number of methoxy groups -OCH3 is 2. The van der Waals surface area contributed by atoms with E-state index < -0.39 is 0 Å². The molecule has 0 aromatic heterocycles. The lowest BCUT2D eigenvalue weighted by Crippen LogP contribution is -2.43. The molecule has 1 heterocycles. The van der Waals surface area contributed by atoms with Gasteiger partial charge in [0.15, 0.2) is 11.5 Å². The molecule has 8 nitrogen and oxygen atoms in total. The standard InChI is InChI=1S/C24H32N4O4/c1-27-9-11-28(12-10-27)17-19-6-4-5-18(13-19)15-25-23(29)16-26-24(30)20-7-8-21(31-2)22(14-20)32-3/h4-8,13-14H,9-12,15-17H2,1-3H3,(H,25,29)(H,26,30). The van der Waals surface area contributed by atoms with Crippen LogP contribution in [-0.4, -0.2) is 75.6 Å². The predicted molar refractivity (Wildman–Crippen MR) is 123 cm³/mol. The van der Waals surface area contributed by atoms with Crippen molar-refractivity contribution in [1.29, 1.82) is 0 Å². The first-order chi connectivity index (χ1) is 15.5. The number of nitrogens with zero attached hydrogens (tertiary/aromatic N) is 2. The van der Waals surface area contributed by atoms with Crippen molar-refractivity contribution >= 4 is 11.8 Å². The largest absolute Gasteiger partial charge is 0.493 e. The Bertz CT molecular complexity index is 926. The van der Waals surface area contributed by atoms with Crippen molar-refractivity contribution in [3.8, 4) is 11.5 Å². The van der Waals surface area contributed by atoms with E-state index in [1.807, 2.05) is 12.1 Å². The molecule has 1 saturated heterocycles. The van der Waals surface area contributed by atoms with Crippen molar-refractivity contribution in [3.63, 3.8) is 0 Å². The summed E-state index contributed by atoms with van der Waals surface area (Å²) in [6, 6.07) is 13.1. The van der Waals surface area contributed by atoms with Crippen molar-refractivity contribution < 1.29 is 19.1 Å². The summed E-state index contributed by atoms with van der Waals surface area (Å²) in [5.41, 5.74) is 2.67. The van der Waals surface area contributed by atoms with Gasteiger partial charge in [-0.3, -0.25) is 14.5 Å². The molecule has 0 radical (unpaired) electrons. The van der Waals surface area contributed by atoms with E-state index in [9.17, 15) is 9.59 Å². The Kier molecular flexibility index (Phi) is 8.47. The van der Waals surface area contributed by atoms with E-state index in [0.29, 0.717) is 23.6 Å². The van der Waals surface area contributed by atoms with Crippen LogP contribution in [0.1, 0.15) is 21.5 Å². The monoisotopic (exact) mass is 440 g/mol. The third-order valence-electron chi connectivity index (χ3n) is 5.54. The number of benzene rings is 2. The SMILES string of the molecule is COc1ccc(C(=O)NCC(=O)NCc2cccc(CN3CCN(C)CC3)c2)cc1OC. The summed E-state index contributed by atoms with van der Waals surface area (Å²) in [6.07, 6.45) is 0. The quantitative estimate of drug-likeness (QED) is 0.615. The van der Waals surface area contributed by atoms with Gasteiger partial charge in [-0.1, -0.05) is 24.3 Å². The van der Waals surface area contributed by atoms with Gasteiger partial charge in [-0.15, -0.1) is 0 Å². The van der Waals surface area contributed by atoms with Gasteiger partial charge in [0.25, 0.3) is 5.91 Å². The molecule has 0 saturated carbocycles. The van der Waals surface area contributed by atoms with Gasteiger partial charge >= 0.3 is 0 Å². The van der Waals surface area contributed by atoms with Gasteiger partial charge < -0.3 is 25.0 Å². The summed E-state index contributed by atoms with van der Waals surface area (Å²) in [5.74, 6) is 0.399. The molecule has 1 aliphatic rings. The van der Waals surface area contributed by atoms with Crippen molar-refractivity contribution in [1.82, 2.24) is 20.4 Å². The number of rotatable bonds is 9. The van der Waals surface area contributed by atoms with Gasteiger partial charge in [0.05, 0.1) is 20.8 Å². The number of hydrogen-bond acceptors (Lipinski definition) is 6. The second-order valence-corrected chi connectivity index (χ2v) is 7.93. The number of ether oxygens (including phenoxy) is 2. The van der Waals surface area contributed by atoms with Crippen molar-refractivity contribution in [2.45, 2.75) is 13.1 Å². The molecule has 0 bridgehead atoms. The second-order valence-electron chi connectivity index (χ2n) is 7.93. The molecule has 1 fully saturated rings. The minimum absolute atomic E-state index is 0.103. The lowest BCUT2D eigenvalue weighted by molar-refractivity contribution is -0.120. The molecule has 2 aromatic carbocycles. The fourth-order valence-electron chi connectivity index (χ4n) is 3.61. The van der Waals surface area contributed by atoms with Crippen LogP contribution in [0, 0.1) is 0 Å². The van der Waals surface area contributed by atoms with Gasteiger partial charge in [-0.25, -0.2) is 0 Å². The van der Waals surface area contributed by atoms with E-state index in [0.717, 1.165) is 38.3 Å². The molecule has 8 heteroatoms. The molecule has 32 heavy (non-hydrogen) atoms. The smallest absolute Gasteiger partial charge is 0.251 e. The van der Waals surface area contributed by atoms with Crippen molar-refractivity contribution in [2.24, 2.45) is 0 Å². The third-order valence-corrected chi connectivity index (χ3v) is 5.54. The Morgan fingerprint density at radius 1 is 0.906 bits per heavy atom. The molecule has 2 amide bonds. The summed E-state index contributed by atoms with van der Waals surface area (Å²) in [5, 5.41) is 5.50. The maximum Gasteiger partial charge on any atom is 0.251 e. The minimum atomic E-state index is -0.352. The highest BCUT2D eigenvalue weighted by atomic mass is 16.5. The number of likely N-dealkylation sites (N-methyl/N-ethyl adjacent to an activating group) is 1. The van der Waals surface area contributed by atoms with Crippen molar-refractivity contribution in [3.05, 3.63) is 59.2 Å². The Hall–Kier alpha value is -3.10. The van der Waals surface area contributed by atoms with Crippen LogP contribution >= 0.6 is 0 Å². The van der Waals surface area contributed by atoms with Crippen LogP contribution < -0.4 is 20.1 Å². The molecule has 0 aliphatic carbocycles. The molecule has 0 atom stereocenters. The van der Waals surface area contributed by atoms with Gasteiger partial charge in [-0.05, 0) is 36.4 Å². The maximum absolute atomic E-state index is 12.4. The maximum atomic E-state index is 12.4. The van der Waals surface area contributed by atoms with E-state index in [2.05, 4.69) is 39.6 Å². The molecule has 0 spiro atoms. The average molecular weight is 441 g/mol. The van der Waals surface area contributed by atoms with E-state index >= 15 is 0 Å². The number of amides is 2. The molecule has 2 aromatic rings. The van der Waals surface area contributed by atoms with E-state index in [1.165, 1.54) is 19.8 Å². The highest BCUT2D eigenvalue weighted by Crippen LogP contribution is 2.27. The van der Waals surface area contributed by atoms with E-state index in [4.69, 9.17) is 9.47 Å². The van der Waals surface area contributed by atoms with E-state index in [1.54, 1.807) is 18.2 Å². The van der Waals surface area contributed by atoms with Crippen molar-refractivity contribution in [2.75, 3.05) is 54.0 Å². The number of nitrogens with one attached hydrogen (secondary N) is 2. The summed E-state index contributed by atoms with van der Waals surface area (Å²) in [6.45, 7) is 5.54. The zero-order chi connectivity index (χ0) is 22.9. The van der Waals surface area contributed by atoms with Crippen LogP contribution in [0.5, 0.6) is 11.5 Å². The van der Waals surface area contributed by atoms with Crippen LogP contribution in [0.2, 0.25) is 0 Å². The Labute approximate surface area is 189 Å². The van der Waals surface area contributed by atoms with E-state index in [-0.39, 0.29) is 18.4 Å². The molecule has 172 valence electrons. The number of hydrogen-bond donors (Lipinski definition) is 2. The fourth-order valence-corrected chi connectivity index (χ4v) is 3.61. The first kappa shape index (κ1) is 23.6. The zero-order valence-electron chi connectivity index (χ0n) is 19.0. The van der Waals surface area contributed by atoms with Gasteiger partial charge in [0.2, 0.25) is 5.91 Å². The second kappa shape index (κ2) is 11.5. The normalized spacial score (nSPS) is 14.6. The van der Waals surface area contributed by atoms with Crippen LogP contribution in [0.4, 0.5) is 0 Å². The summed E-state index contributed by atoms with van der Waals surface area (Å²) in [7, 11) is 5.19. The molecule has 3 rings (SSSR count). The van der Waals surface area contributed by atoms with Gasteiger partial charge in [0, 0.05) is 44.8 Å². The Balaban J connectivity index is 1.45. The van der Waals surface area contributed by atoms with Crippen LogP contribution in [0.25, 0.3) is 0 Å². The van der Waals surface area contributed by atoms with Gasteiger partial charge in [-0.2, -0.15) is 0 Å². The highest BCUT2D eigenvalue weighted by Gasteiger charge is 2.14. The molecule has 2 N–H and O–H groups in total. The zero-order valence-corrected chi connectivity index (χ0v) is 19.0. The fraction of sp³-hybridized carbons (Fsp3) is 0.417. The average Bonchev–Trinajstić information content (AvgIpc) is 2.82. The third kappa shape index (κ3) is 6.70. The first-order valence-corrected chi connectivity index (χ1v) is 10.7. The number of carbonyl (C=O) groups excluding carboxylic acids is 2. The minimum Gasteiger partial charge on any atom is -0.493 e. The molecule has 0 unspecified atom stereocenters. The Morgan fingerprint density at radius 2 is 1.62 bits per heavy atom. The highest BCUT2D eigenvalue weighted by molar-refractivity contribution is 5.97. The first-order valence-electron chi connectivity index (χ1n) is 10.7. The topological polar surface area (TPSA) is 83.1 Å². The lowest BCUT2D eigenvalue weighted by atomic mass is 10.1. The molecule has 1 aliphatic heterocycles. The predicted octanol–water partition coefficient (Wildman–Crippen LogP) is 1.50. The summed E-state index contributed by atoms with van der Waals surface area (Å²) >= 11 is 0. The summed E-state index contributed by atoms with van der Waals surface area (Å²) in [4.78, 5) is 29.4. The molecular weight excluding hydrogens is 408 g/mol. The number of carbonyl (C=O) groups is 2. The number of piperazine rings is 1. The Morgan fingerprint density at radius 3 is 2.34 bits per heavy atom. The lowest BCUT2D eigenvalue weighted by Gasteiger charge is -2.32. The summed E-state index contributed by atoms with van der Waals surface area (Å²) < 4.78 is 10.4.